The molecular formula is C11H23O3Ti. The molecule has 0 heterocycles. The topological polar surface area (TPSA) is 27.7 Å². The summed E-state index contributed by atoms with van der Waals surface area (Å²) < 4.78 is 17.4. The summed E-state index contributed by atoms with van der Waals surface area (Å²) >= 11 is -1.62. The van der Waals surface area contributed by atoms with Crippen LogP contribution in [0.3, 0.4) is 0 Å². The molecule has 0 aromatic rings. The van der Waals surface area contributed by atoms with Gasteiger partial charge in [-0.25, -0.2) is 0 Å². The number of unbranched alkanes of at least 4 members (excludes halogenated alkanes) is 2. The van der Waals surface area contributed by atoms with Gasteiger partial charge < -0.3 is 0 Å². The van der Waals surface area contributed by atoms with E-state index in [2.05, 4.69) is 6.58 Å². The average Bonchev–Trinajstić information content (AvgIpc) is 2.24. The fourth-order valence-electron chi connectivity index (χ4n) is 1.22. The van der Waals surface area contributed by atoms with Gasteiger partial charge in [0.05, 0.1) is 0 Å². The van der Waals surface area contributed by atoms with Crippen molar-refractivity contribution in [2.75, 3.05) is 19.8 Å². The Labute approximate surface area is 101 Å². The third kappa shape index (κ3) is 10.5. The Balaban J connectivity index is 3.31. The summed E-state index contributed by atoms with van der Waals surface area (Å²) in [5.74, 6) is 0. The standard InChI is InChI=1S/C7H13O.2C2H5O.Ti/c1-3-5-6-7-8-4-2;2*1-2-3;/h4H,1-3,5-7H2;2*2H2,1H3;/q;2*-1;+2. The molecule has 0 aromatic heterocycles. The molecule has 0 saturated carbocycles. The Morgan fingerprint density at radius 3 is 2.27 bits per heavy atom. The van der Waals surface area contributed by atoms with Gasteiger partial charge in [-0.15, -0.1) is 0 Å². The van der Waals surface area contributed by atoms with Gasteiger partial charge in [-0.05, 0) is 0 Å². The van der Waals surface area contributed by atoms with E-state index >= 15 is 0 Å². The van der Waals surface area contributed by atoms with Gasteiger partial charge in [0, 0.05) is 0 Å². The molecule has 0 aliphatic carbocycles. The van der Waals surface area contributed by atoms with Crippen molar-refractivity contribution in [3.63, 3.8) is 0 Å². The second kappa shape index (κ2) is 12.2. The SMILES string of the molecule is C=COCCCC[CH2][Ti]([O]CC)[O]CC. The van der Waals surface area contributed by atoms with Crippen molar-refractivity contribution in [1.82, 2.24) is 0 Å². The van der Waals surface area contributed by atoms with Crippen molar-refractivity contribution < 1.29 is 30.0 Å². The Hall–Kier alpha value is 0.174. The monoisotopic (exact) mass is 251 g/mol. The van der Waals surface area contributed by atoms with Gasteiger partial charge in [0.1, 0.15) is 0 Å². The molecule has 0 aliphatic rings. The normalized spacial score (nSPS) is 10.0. The van der Waals surface area contributed by atoms with E-state index < -0.39 is 18.6 Å². The number of hydrogen-bond acceptors (Lipinski definition) is 3. The molecule has 0 saturated heterocycles. The van der Waals surface area contributed by atoms with E-state index in [0.717, 1.165) is 31.0 Å². The van der Waals surface area contributed by atoms with Gasteiger partial charge >= 0.3 is 101 Å². The van der Waals surface area contributed by atoms with Gasteiger partial charge in [-0.3, -0.25) is 0 Å². The van der Waals surface area contributed by atoms with E-state index in [-0.39, 0.29) is 0 Å². The number of ether oxygens (including phenoxy) is 1. The molecule has 15 heavy (non-hydrogen) atoms. The summed E-state index contributed by atoms with van der Waals surface area (Å²) in [6.07, 6.45) is 4.97. The van der Waals surface area contributed by atoms with Crippen molar-refractivity contribution in [2.24, 2.45) is 0 Å². The molecule has 0 fully saturated rings. The first-order chi connectivity index (χ1) is 7.35. The van der Waals surface area contributed by atoms with E-state index in [9.17, 15) is 0 Å². The van der Waals surface area contributed by atoms with E-state index in [4.69, 9.17) is 11.4 Å². The molecule has 0 rings (SSSR count). The van der Waals surface area contributed by atoms with Crippen molar-refractivity contribution in [2.45, 2.75) is 37.8 Å². The van der Waals surface area contributed by atoms with Crippen molar-refractivity contribution in [1.29, 1.82) is 0 Å². The zero-order valence-corrected chi connectivity index (χ0v) is 11.5. The zero-order chi connectivity index (χ0) is 11.4. The molecule has 0 radical (unpaired) electrons. The first-order valence-electron chi connectivity index (χ1n) is 5.69. The van der Waals surface area contributed by atoms with Crippen LogP contribution in [-0.4, -0.2) is 19.8 Å². The Morgan fingerprint density at radius 1 is 1.07 bits per heavy atom. The molecular weight excluding hydrogens is 228 g/mol. The molecule has 0 bridgehead atoms. The van der Waals surface area contributed by atoms with Crippen molar-refractivity contribution in [3.8, 4) is 0 Å². The second-order valence-corrected chi connectivity index (χ2v) is 5.93. The van der Waals surface area contributed by atoms with Crippen LogP contribution in [0.4, 0.5) is 0 Å². The molecule has 0 spiro atoms. The van der Waals surface area contributed by atoms with Crippen LogP contribution in [0, 0.1) is 0 Å². The molecule has 0 N–H and O–H groups in total. The molecule has 0 aliphatic heterocycles. The summed E-state index contributed by atoms with van der Waals surface area (Å²) in [7, 11) is 0. The fraction of sp³-hybridized carbons (Fsp3) is 0.818. The molecule has 89 valence electrons. The Kier molecular flexibility index (Phi) is 12.4. The summed E-state index contributed by atoms with van der Waals surface area (Å²) in [6, 6.07) is 0. The van der Waals surface area contributed by atoms with Crippen LogP contribution in [0.15, 0.2) is 12.8 Å². The quantitative estimate of drug-likeness (QED) is 0.320. The minimum absolute atomic E-state index is 0.780. The van der Waals surface area contributed by atoms with Gasteiger partial charge in [-0.2, -0.15) is 0 Å². The predicted octanol–water partition coefficient (Wildman–Crippen LogP) is 3.26. The van der Waals surface area contributed by atoms with E-state index in [1.54, 1.807) is 0 Å². The molecule has 0 atom stereocenters. The van der Waals surface area contributed by atoms with Gasteiger partial charge in [0.2, 0.25) is 0 Å². The molecule has 0 unspecified atom stereocenters. The zero-order valence-electron chi connectivity index (χ0n) is 9.96. The van der Waals surface area contributed by atoms with E-state index in [1.807, 2.05) is 13.8 Å². The maximum absolute atomic E-state index is 5.61. The van der Waals surface area contributed by atoms with E-state index in [1.165, 1.54) is 19.1 Å². The van der Waals surface area contributed by atoms with Crippen LogP contribution < -0.4 is 0 Å². The summed E-state index contributed by atoms with van der Waals surface area (Å²) in [5.41, 5.74) is 0. The molecule has 0 amide bonds. The van der Waals surface area contributed by atoms with Crippen LogP contribution in [0.2, 0.25) is 4.73 Å². The van der Waals surface area contributed by atoms with Crippen LogP contribution >= 0.6 is 0 Å². The molecule has 3 nitrogen and oxygen atoms in total. The first kappa shape index (κ1) is 15.2. The predicted molar refractivity (Wildman–Crippen MR) is 58.1 cm³/mol. The van der Waals surface area contributed by atoms with E-state index in [0.29, 0.717) is 0 Å². The number of hydrogen-bond donors (Lipinski definition) is 0. The fourth-order valence-corrected chi connectivity index (χ4v) is 3.65. The Morgan fingerprint density at radius 2 is 1.73 bits per heavy atom. The van der Waals surface area contributed by atoms with Gasteiger partial charge in [-0.1, -0.05) is 0 Å². The van der Waals surface area contributed by atoms with Gasteiger partial charge in [0.25, 0.3) is 0 Å². The van der Waals surface area contributed by atoms with Crippen LogP contribution in [0.5, 0.6) is 0 Å². The van der Waals surface area contributed by atoms with Crippen LogP contribution in [-0.2, 0) is 30.0 Å². The third-order valence-electron chi connectivity index (χ3n) is 1.87. The summed E-state index contributed by atoms with van der Waals surface area (Å²) in [4.78, 5) is 0. The number of rotatable bonds is 11. The summed E-state index contributed by atoms with van der Waals surface area (Å²) in [5, 5.41) is 0. The molecule has 0 aromatic carbocycles. The van der Waals surface area contributed by atoms with Crippen molar-refractivity contribution >= 4 is 0 Å². The summed E-state index contributed by atoms with van der Waals surface area (Å²) in [6.45, 7) is 9.92. The van der Waals surface area contributed by atoms with Crippen LogP contribution in [0.25, 0.3) is 0 Å². The van der Waals surface area contributed by atoms with Crippen molar-refractivity contribution in [3.05, 3.63) is 12.8 Å². The minimum atomic E-state index is -1.62. The third-order valence-corrected chi connectivity index (χ3v) is 4.97. The van der Waals surface area contributed by atoms with Gasteiger partial charge in [0.15, 0.2) is 0 Å². The average molecular weight is 251 g/mol. The second-order valence-electron chi connectivity index (χ2n) is 3.09. The molecule has 4 heteroatoms. The first-order valence-corrected chi connectivity index (χ1v) is 8.07. The maximum atomic E-state index is 5.61. The Bertz CT molecular complexity index is 136. The van der Waals surface area contributed by atoms with Crippen LogP contribution in [0.1, 0.15) is 33.1 Å².